The van der Waals surface area contributed by atoms with Crippen LogP contribution < -0.4 is 10.3 Å². The van der Waals surface area contributed by atoms with E-state index < -0.39 is 12.1 Å². The van der Waals surface area contributed by atoms with E-state index in [2.05, 4.69) is 37.0 Å². The Balaban J connectivity index is 1.95. The molecule has 0 aliphatic heterocycles. The molecule has 0 fully saturated rings. The van der Waals surface area contributed by atoms with Gasteiger partial charge in [-0.15, -0.1) is 0 Å². The molecule has 0 unspecified atom stereocenters. The lowest BCUT2D eigenvalue weighted by Crippen LogP contribution is -2.26. The number of hydrogen-bond acceptors (Lipinski definition) is 6. The van der Waals surface area contributed by atoms with Crippen LogP contribution in [0.2, 0.25) is 0 Å². The predicted molar refractivity (Wildman–Crippen MR) is 136 cm³/mol. The molecule has 0 bridgehead atoms. The number of ether oxygens (including phenoxy) is 2. The molecule has 1 heterocycles. The van der Waals surface area contributed by atoms with Crippen molar-refractivity contribution in [1.82, 2.24) is 9.66 Å². The first-order valence-corrected chi connectivity index (χ1v) is 12.2. The van der Waals surface area contributed by atoms with Gasteiger partial charge in [-0.1, -0.05) is 29.8 Å². The van der Waals surface area contributed by atoms with Crippen molar-refractivity contribution >= 4 is 54.9 Å². The van der Waals surface area contributed by atoms with Crippen LogP contribution in [0, 0.1) is 0 Å². The first kappa shape index (κ1) is 25.1. The number of esters is 1. The van der Waals surface area contributed by atoms with Crippen molar-refractivity contribution < 1.29 is 14.3 Å². The van der Waals surface area contributed by atoms with Crippen LogP contribution in [0.3, 0.4) is 0 Å². The number of carbonyl (C=O) groups is 1. The van der Waals surface area contributed by atoms with Crippen molar-refractivity contribution in [2.75, 3.05) is 6.61 Å². The van der Waals surface area contributed by atoms with Crippen molar-refractivity contribution in [2.24, 2.45) is 5.10 Å². The van der Waals surface area contributed by atoms with Crippen LogP contribution in [0.1, 0.15) is 51.4 Å². The first-order chi connectivity index (χ1) is 15.7. The lowest BCUT2D eigenvalue weighted by atomic mass is 10.1. The van der Waals surface area contributed by atoms with Gasteiger partial charge in [0.2, 0.25) is 0 Å². The van der Waals surface area contributed by atoms with Crippen LogP contribution in [0.15, 0.2) is 55.2 Å². The van der Waals surface area contributed by atoms with Gasteiger partial charge in [0.25, 0.3) is 5.56 Å². The van der Waals surface area contributed by atoms with Crippen LogP contribution in [0.4, 0.5) is 0 Å². The first-order valence-electron chi connectivity index (χ1n) is 10.6. The monoisotopic (exact) mass is 577 g/mol. The average molecular weight is 579 g/mol. The Labute approximate surface area is 209 Å². The summed E-state index contributed by atoms with van der Waals surface area (Å²) in [5.74, 6) is 0.732. The number of rotatable bonds is 8. The highest BCUT2D eigenvalue weighted by Crippen LogP contribution is 2.27. The molecule has 3 aromatic rings. The van der Waals surface area contributed by atoms with Crippen LogP contribution in [0.25, 0.3) is 10.9 Å². The van der Waals surface area contributed by atoms with Gasteiger partial charge in [0.15, 0.2) is 6.10 Å². The molecule has 174 valence electrons. The molecule has 0 saturated carbocycles. The Bertz CT molecular complexity index is 1260. The highest BCUT2D eigenvalue weighted by Gasteiger charge is 2.18. The number of halogens is 2. The van der Waals surface area contributed by atoms with Gasteiger partial charge in [0, 0.05) is 10.4 Å². The highest BCUT2D eigenvalue weighted by atomic mass is 79.9. The van der Waals surface area contributed by atoms with E-state index in [1.807, 2.05) is 26.0 Å². The summed E-state index contributed by atoms with van der Waals surface area (Å²) in [6, 6.07) is 10.8. The van der Waals surface area contributed by atoms with E-state index in [9.17, 15) is 9.59 Å². The van der Waals surface area contributed by atoms with Gasteiger partial charge in [-0.3, -0.25) is 4.79 Å². The normalized spacial score (nSPS) is 13.3. The summed E-state index contributed by atoms with van der Waals surface area (Å²) >= 11 is 6.89. The van der Waals surface area contributed by atoms with Crippen molar-refractivity contribution in [2.45, 2.75) is 46.1 Å². The van der Waals surface area contributed by atoms with Gasteiger partial charge in [-0.05, 0) is 78.2 Å². The summed E-state index contributed by atoms with van der Waals surface area (Å²) in [6.07, 6.45) is 1.68. The number of fused-ring (bicyclic) bond motifs is 1. The summed E-state index contributed by atoms with van der Waals surface area (Å²) < 4.78 is 13.5. The Hall–Kier alpha value is -2.52. The van der Waals surface area contributed by atoms with E-state index in [1.54, 1.807) is 44.3 Å². The van der Waals surface area contributed by atoms with E-state index in [0.717, 1.165) is 16.5 Å². The SMILES string of the molecule is CCOC(=O)[C@H](C)Oc1ccc(C=Nn2c([C@@H](C)CC)nc3ccc(Br)cc3c2=O)cc1Br. The fourth-order valence-electron chi connectivity index (χ4n) is 3.09. The van der Waals surface area contributed by atoms with Crippen molar-refractivity contribution in [3.8, 4) is 5.75 Å². The second kappa shape index (κ2) is 11.1. The lowest BCUT2D eigenvalue weighted by molar-refractivity contribution is -0.150. The Morgan fingerprint density at radius 1 is 1.18 bits per heavy atom. The summed E-state index contributed by atoms with van der Waals surface area (Å²) in [4.78, 5) is 29.7. The van der Waals surface area contributed by atoms with Crippen LogP contribution in [-0.4, -0.2) is 34.6 Å². The third-order valence-corrected chi connectivity index (χ3v) is 6.20. The van der Waals surface area contributed by atoms with Crippen molar-refractivity contribution in [3.05, 3.63) is 67.1 Å². The molecule has 0 radical (unpaired) electrons. The summed E-state index contributed by atoms with van der Waals surface area (Å²) in [5, 5.41) is 4.97. The topological polar surface area (TPSA) is 82.8 Å². The largest absolute Gasteiger partial charge is 0.478 e. The zero-order chi connectivity index (χ0) is 24.1. The minimum Gasteiger partial charge on any atom is -0.478 e. The van der Waals surface area contributed by atoms with Gasteiger partial charge in [-0.2, -0.15) is 9.78 Å². The zero-order valence-electron chi connectivity index (χ0n) is 18.8. The van der Waals surface area contributed by atoms with Crippen LogP contribution >= 0.6 is 31.9 Å². The molecular weight excluding hydrogens is 554 g/mol. The fraction of sp³-hybridized carbons (Fsp3) is 0.333. The third kappa shape index (κ3) is 5.89. The number of carbonyl (C=O) groups excluding carboxylic acids is 1. The molecule has 33 heavy (non-hydrogen) atoms. The molecule has 3 rings (SSSR count). The molecule has 2 aromatic carbocycles. The number of hydrogen-bond donors (Lipinski definition) is 0. The predicted octanol–water partition coefficient (Wildman–Crippen LogP) is 5.65. The highest BCUT2D eigenvalue weighted by molar-refractivity contribution is 9.10. The summed E-state index contributed by atoms with van der Waals surface area (Å²) in [6.45, 7) is 7.74. The second-order valence-electron chi connectivity index (χ2n) is 7.50. The van der Waals surface area contributed by atoms with Gasteiger partial charge >= 0.3 is 5.97 Å². The molecule has 0 N–H and O–H groups in total. The van der Waals surface area contributed by atoms with E-state index in [4.69, 9.17) is 14.5 Å². The molecule has 2 atom stereocenters. The molecule has 0 aliphatic rings. The average Bonchev–Trinajstić information content (AvgIpc) is 2.79. The smallest absolute Gasteiger partial charge is 0.347 e. The summed E-state index contributed by atoms with van der Waals surface area (Å²) in [5.41, 5.74) is 1.16. The second-order valence-corrected chi connectivity index (χ2v) is 9.27. The molecule has 1 aromatic heterocycles. The molecule has 0 aliphatic carbocycles. The van der Waals surface area contributed by atoms with Gasteiger partial charge in [0.1, 0.15) is 11.6 Å². The zero-order valence-corrected chi connectivity index (χ0v) is 22.0. The van der Waals surface area contributed by atoms with E-state index >= 15 is 0 Å². The third-order valence-electron chi connectivity index (χ3n) is 5.09. The molecule has 9 heteroatoms. The Kier molecular flexibility index (Phi) is 8.42. The Morgan fingerprint density at radius 2 is 1.94 bits per heavy atom. The maximum Gasteiger partial charge on any atom is 0.347 e. The van der Waals surface area contributed by atoms with E-state index in [1.165, 1.54) is 4.68 Å². The number of nitrogens with zero attached hydrogens (tertiary/aromatic N) is 3. The van der Waals surface area contributed by atoms with Crippen molar-refractivity contribution in [3.63, 3.8) is 0 Å². The van der Waals surface area contributed by atoms with Crippen LogP contribution in [0.5, 0.6) is 5.75 Å². The van der Waals surface area contributed by atoms with Gasteiger partial charge in [-0.25, -0.2) is 9.78 Å². The maximum absolute atomic E-state index is 13.2. The minimum atomic E-state index is -0.736. The van der Waals surface area contributed by atoms with Crippen LogP contribution in [-0.2, 0) is 9.53 Å². The van der Waals surface area contributed by atoms with E-state index in [0.29, 0.717) is 33.6 Å². The van der Waals surface area contributed by atoms with E-state index in [-0.39, 0.29) is 11.5 Å². The minimum absolute atomic E-state index is 0.0507. The standard InChI is InChI=1S/C24H25Br2N3O4/c1-5-14(3)22-28-20-9-8-17(25)12-18(20)23(30)29(22)27-13-16-7-10-21(19(26)11-16)33-15(4)24(31)32-6-2/h7-15H,5-6H2,1-4H3/t14-,15-/m0/s1. The molecular formula is C24H25Br2N3O4. The number of benzene rings is 2. The quantitative estimate of drug-likeness (QED) is 0.255. The van der Waals surface area contributed by atoms with Gasteiger partial charge in [0.05, 0.1) is 28.2 Å². The number of aromatic nitrogens is 2. The molecule has 0 saturated heterocycles. The molecule has 0 spiro atoms. The molecule has 0 amide bonds. The lowest BCUT2D eigenvalue weighted by Gasteiger charge is -2.15. The van der Waals surface area contributed by atoms with Gasteiger partial charge < -0.3 is 9.47 Å². The molecule has 7 nitrogen and oxygen atoms in total. The maximum atomic E-state index is 13.2. The Morgan fingerprint density at radius 3 is 2.61 bits per heavy atom. The van der Waals surface area contributed by atoms with Crippen molar-refractivity contribution in [1.29, 1.82) is 0 Å². The summed E-state index contributed by atoms with van der Waals surface area (Å²) in [7, 11) is 0. The fourth-order valence-corrected chi connectivity index (χ4v) is 3.95.